The van der Waals surface area contributed by atoms with Crippen molar-refractivity contribution in [2.45, 2.75) is 25.5 Å². The Bertz CT molecular complexity index is 809. The molecule has 0 bridgehead atoms. The van der Waals surface area contributed by atoms with Gasteiger partial charge in [-0.25, -0.2) is 9.07 Å². The van der Waals surface area contributed by atoms with Crippen molar-refractivity contribution in [2.75, 3.05) is 6.61 Å². The van der Waals surface area contributed by atoms with E-state index < -0.39 is 0 Å². The van der Waals surface area contributed by atoms with Crippen molar-refractivity contribution in [3.05, 3.63) is 48.7 Å². The Kier molecular flexibility index (Phi) is 3.35. The smallest absolute Gasteiger partial charge is 0.150 e. The van der Waals surface area contributed by atoms with Gasteiger partial charge in [-0.1, -0.05) is 6.07 Å². The minimum absolute atomic E-state index is 0.0183. The van der Waals surface area contributed by atoms with Gasteiger partial charge in [-0.2, -0.15) is 5.10 Å². The van der Waals surface area contributed by atoms with Crippen LogP contribution in [0.25, 0.3) is 22.0 Å². The van der Waals surface area contributed by atoms with Crippen LogP contribution in [0.1, 0.15) is 25.5 Å². The molecule has 0 spiro atoms. The summed E-state index contributed by atoms with van der Waals surface area (Å²) in [6.45, 7) is 0.768. The Morgan fingerprint density at radius 1 is 1.27 bits per heavy atom. The molecular weight excluding hydrogens is 281 g/mol. The van der Waals surface area contributed by atoms with Gasteiger partial charge >= 0.3 is 0 Å². The number of hydrogen-bond donors (Lipinski definition) is 0. The lowest BCUT2D eigenvalue weighted by molar-refractivity contribution is -0.0394. The van der Waals surface area contributed by atoms with E-state index in [0.29, 0.717) is 0 Å². The Morgan fingerprint density at radius 2 is 2.23 bits per heavy atom. The molecule has 1 unspecified atom stereocenters. The first kappa shape index (κ1) is 13.4. The van der Waals surface area contributed by atoms with Crippen LogP contribution in [0.5, 0.6) is 0 Å². The van der Waals surface area contributed by atoms with E-state index in [4.69, 9.17) is 4.74 Å². The van der Waals surface area contributed by atoms with Crippen LogP contribution >= 0.6 is 0 Å². The zero-order valence-corrected chi connectivity index (χ0v) is 12.1. The van der Waals surface area contributed by atoms with Gasteiger partial charge in [0.1, 0.15) is 12.0 Å². The van der Waals surface area contributed by atoms with Crippen molar-refractivity contribution < 1.29 is 9.13 Å². The third-order valence-corrected chi connectivity index (χ3v) is 4.03. The minimum Gasteiger partial charge on any atom is -0.357 e. The Hall–Kier alpha value is -2.27. The summed E-state index contributed by atoms with van der Waals surface area (Å²) in [4.78, 5) is 4.39. The van der Waals surface area contributed by atoms with Crippen LogP contribution in [0.2, 0.25) is 0 Å². The Labute approximate surface area is 127 Å². The van der Waals surface area contributed by atoms with Gasteiger partial charge in [0.15, 0.2) is 0 Å². The maximum atomic E-state index is 13.9. The number of hydrogen-bond acceptors (Lipinski definition) is 3. The number of pyridine rings is 1. The number of benzene rings is 1. The molecule has 1 atom stereocenters. The number of halogens is 1. The summed E-state index contributed by atoms with van der Waals surface area (Å²) in [6.07, 6.45) is 8.57. The van der Waals surface area contributed by atoms with Gasteiger partial charge < -0.3 is 4.74 Å². The van der Waals surface area contributed by atoms with Gasteiger partial charge in [-0.3, -0.25) is 4.98 Å². The zero-order valence-electron chi connectivity index (χ0n) is 12.1. The van der Waals surface area contributed by atoms with Crippen molar-refractivity contribution in [3.8, 4) is 11.1 Å². The second kappa shape index (κ2) is 5.50. The van der Waals surface area contributed by atoms with Crippen molar-refractivity contribution >= 4 is 10.9 Å². The first-order valence-electron chi connectivity index (χ1n) is 7.52. The molecule has 112 valence electrons. The number of nitrogens with zero attached hydrogens (tertiary/aromatic N) is 3. The predicted octanol–water partition coefficient (Wildman–Crippen LogP) is 3.94. The average Bonchev–Trinajstić information content (AvgIpc) is 3.05. The molecule has 3 aromatic rings. The molecular formula is C17H16FN3O. The molecule has 0 aliphatic carbocycles. The molecule has 22 heavy (non-hydrogen) atoms. The van der Waals surface area contributed by atoms with Gasteiger partial charge in [0, 0.05) is 35.5 Å². The second-order valence-electron chi connectivity index (χ2n) is 5.56. The Morgan fingerprint density at radius 3 is 3.09 bits per heavy atom. The Balaban J connectivity index is 1.77. The number of rotatable bonds is 2. The van der Waals surface area contributed by atoms with Crippen molar-refractivity contribution in [3.63, 3.8) is 0 Å². The van der Waals surface area contributed by atoms with Crippen molar-refractivity contribution in [2.24, 2.45) is 0 Å². The summed E-state index contributed by atoms with van der Waals surface area (Å²) in [5.74, 6) is -0.267. The first-order chi connectivity index (χ1) is 10.8. The molecule has 3 heterocycles. The standard InChI is InChI=1S/C17H16FN3O/c18-14-8-12-4-3-6-19-17(12)15(9-14)13-10-20-21(11-13)16-5-1-2-7-22-16/h3-4,6,8-11,16H,1-2,5,7H2. The molecule has 1 saturated heterocycles. The van der Waals surface area contributed by atoms with Crippen LogP contribution in [0, 0.1) is 5.82 Å². The van der Waals surface area contributed by atoms with Crippen LogP contribution in [-0.4, -0.2) is 21.4 Å². The highest BCUT2D eigenvalue weighted by molar-refractivity contribution is 5.93. The normalized spacial score (nSPS) is 18.7. The zero-order chi connectivity index (χ0) is 14.9. The summed E-state index contributed by atoms with van der Waals surface area (Å²) in [5, 5.41) is 5.19. The maximum Gasteiger partial charge on any atom is 0.150 e. The molecule has 5 heteroatoms. The van der Waals surface area contributed by atoms with E-state index >= 15 is 0 Å². The van der Waals surface area contributed by atoms with E-state index in [-0.39, 0.29) is 12.0 Å². The molecule has 4 rings (SSSR count). The highest BCUT2D eigenvalue weighted by atomic mass is 19.1. The SMILES string of the molecule is Fc1cc(-c2cnn(C3CCCCO3)c2)c2ncccc2c1. The lowest BCUT2D eigenvalue weighted by Crippen LogP contribution is -2.18. The van der Waals surface area contributed by atoms with Crippen LogP contribution in [0.15, 0.2) is 42.9 Å². The van der Waals surface area contributed by atoms with E-state index in [9.17, 15) is 4.39 Å². The van der Waals surface area contributed by atoms with Gasteiger partial charge in [0.25, 0.3) is 0 Å². The van der Waals surface area contributed by atoms with Gasteiger partial charge in [-0.15, -0.1) is 0 Å². The van der Waals surface area contributed by atoms with Crippen molar-refractivity contribution in [1.82, 2.24) is 14.8 Å². The van der Waals surface area contributed by atoms with Crippen LogP contribution in [0.4, 0.5) is 4.39 Å². The summed E-state index contributed by atoms with van der Waals surface area (Å²) in [7, 11) is 0. The summed E-state index contributed by atoms with van der Waals surface area (Å²) < 4.78 is 21.4. The predicted molar refractivity (Wildman–Crippen MR) is 81.8 cm³/mol. The third kappa shape index (κ3) is 2.37. The third-order valence-electron chi connectivity index (χ3n) is 4.03. The quantitative estimate of drug-likeness (QED) is 0.719. The molecule has 2 aromatic heterocycles. The topological polar surface area (TPSA) is 39.9 Å². The fourth-order valence-electron chi connectivity index (χ4n) is 2.94. The van der Waals surface area contributed by atoms with Crippen LogP contribution < -0.4 is 0 Å². The van der Waals surface area contributed by atoms with Gasteiger partial charge in [0.05, 0.1) is 11.7 Å². The highest BCUT2D eigenvalue weighted by Gasteiger charge is 2.17. The number of fused-ring (bicyclic) bond motifs is 1. The second-order valence-corrected chi connectivity index (χ2v) is 5.56. The van der Waals surface area contributed by atoms with Crippen LogP contribution in [-0.2, 0) is 4.74 Å². The fourth-order valence-corrected chi connectivity index (χ4v) is 2.94. The highest BCUT2D eigenvalue weighted by Crippen LogP contribution is 2.30. The molecule has 1 aromatic carbocycles. The lowest BCUT2D eigenvalue weighted by Gasteiger charge is -2.22. The van der Waals surface area contributed by atoms with E-state index in [1.54, 1.807) is 12.4 Å². The molecule has 1 fully saturated rings. The van der Waals surface area contributed by atoms with E-state index in [1.807, 2.05) is 23.0 Å². The monoisotopic (exact) mass is 297 g/mol. The molecule has 0 amide bonds. The largest absolute Gasteiger partial charge is 0.357 e. The van der Waals surface area contributed by atoms with E-state index in [2.05, 4.69) is 10.1 Å². The average molecular weight is 297 g/mol. The summed E-state index contributed by atoms with van der Waals surface area (Å²) in [5.41, 5.74) is 2.41. The first-order valence-corrected chi connectivity index (χ1v) is 7.52. The number of aromatic nitrogens is 3. The molecule has 0 N–H and O–H groups in total. The number of ether oxygens (including phenoxy) is 1. The molecule has 1 aliphatic heterocycles. The molecule has 4 nitrogen and oxygen atoms in total. The van der Waals surface area contributed by atoms with Gasteiger partial charge in [0.2, 0.25) is 0 Å². The van der Waals surface area contributed by atoms with E-state index in [0.717, 1.165) is 47.9 Å². The fraction of sp³-hybridized carbons (Fsp3) is 0.294. The summed E-state index contributed by atoms with van der Waals surface area (Å²) in [6, 6.07) is 6.69. The van der Waals surface area contributed by atoms with Gasteiger partial charge in [-0.05, 0) is 37.5 Å². The lowest BCUT2D eigenvalue weighted by atomic mass is 10.0. The van der Waals surface area contributed by atoms with Crippen LogP contribution in [0.3, 0.4) is 0 Å². The van der Waals surface area contributed by atoms with E-state index in [1.165, 1.54) is 12.1 Å². The minimum atomic E-state index is -0.267. The maximum absolute atomic E-state index is 13.9. The molecule has 1 aliphatic rings. The summed E-state index contributed by atoms with van der Waals surface area (Å²) >= 11 is 0. The molecule has 0 saturated carbocycles. The van der Waals surface area contributed by atoms with Crippen molar-refractivity contribution in [1.29, 1.82) is 0 Å². The molecule has 0 radical (unpaired) electrons.